The topological polar surface area (TPSA) is 106 Å². The van der Waals surface area contributed by atoms with Gasteiger partial charge in [-0.1, -0.05) is 0 Å². The number of hydrogen-bond acceptors (Lipinski definition) is 6. The quantitative estimate of drug-likeness (QED) is 0.845. The number of benzene rings is 1. The Kier molecular flexibility index (Phi) is 3.92. The molecule has 0 saturated carbocycles. The monoisotopic (exact) mass is 331 g/mol. The van der Waals surface area contributed by atoms with Crippen molar-refractivity contribution in [2.24, 2.45) is 0 Å². The second kappa shape index (κ2) is 5.37. The molecule has 10 heteroatoms. The highest BCUT2D eigenvalue weighted by Crippen LogP contribution is 2.18. The van der Waals surface area contributed by atoms with Crippen LogP contribution in [-0.2, 0) is 20.2 Å². The highest BCUT2D eigenvalue weighted by Gasteiger charge is 2.17. The number of rotatable bonds is 4. The SMILES string of the molecule is Cc1nccc(NS(=O)(=O)c2ccc(S(=O)(=O)F)cc2)n1. The molecule has 0 aliphatic rings. The van der Waals surface area contributed by atoms with E-state index in [9.17, 15) is 20.7 Å². The summed E-state index contributed by atoms with van der Waals surface area (Å²) in [6.45, 7) is 1.60. The zero-order valence-electron chi connectivity index (χ0n) is 10.7. The highest BCUT2D eigenvalue weighted by molar-refractivity contribution is 7.92. The average molecular weight is 331 g/mol. The summed E-state index contributed by atoms with van der Waals surface area (Å²) in [5.41, 5.74) is 0. The summed E-state index contributed by atoms with van der Waals surface area (Å²) in [7, 11) is -8.82. The van der Waals surface area contributed by atoms with Crippen molar-refractivity contribution in [1.29, 1.82) is 0 Å². The van der Waals surface area contributed by atoms with Crippen LogP contribution in [0.2, 0.25) is 0 Å². The maximum Gasteiger partial charge on any atom is 0.332 e. The van der Waals surface area contributed by atoms with Gasteiger partial charge in [0.15, 0.2) is 0 Å². The zero-order chi connectivity index (χ0) is 15.7. The molecule has 1 aromatic heterocycles. The molecular formula is C11H10FN3O4S2. The predicted octanol–water partition coefficient (Wildman–Crippen LogP) is 1.24. The molecule has 0 radical (unpaired) electrons. The van der Waals surface area contributed by atoms with Crippen molar-refractivity contribution in [3.05, 3.63) is 42.4 Å². The Morgan fingerprint density at radius 1 is 1.00 bits per heavy atom. The third kappa shape index (κ3) is 3.73. The van der Waals surface area contributed by atoms with Gasteiger partial charge >= 0.3 is 10.2 Å². The van der Waals surface area contributed by atoms with E-state index in [1.165, 1.54) is 12.3 Å². The Bertz CT molecular complexity index is 865. The largest absolute Gasteiger partial charge is 0.332 e. The summed E-state index contributed by atoms with van der Waals surface area (Å²) in [6.07, 6.45) is 1.39. The third-order valence-electron chi connectivity index (χ3n) is 2.43. The fourth-order valence-electron chi connectivity index (χ4n) is 1.49. The van der Waals surface area contributed by atoms with Crippen LogP contribution in [0.5, 0.6) is 0 Å². The molecule has 2 aromatic rings. The predicted molar refractivity (Wildman–Crippen MR) is 72.3 cm³/mol. The zero-order valence-corrected chi connectivity index (χ0v) is 12.3. The first kappa shape index (κ1) is 15.3. The van der Waals surface area contributed by atoms with Crippen molar-refractivity contribution >= 4 is 26.1 Å². The van der Waals surface area contributed by atoms with Gasteiger partial charge in [0, 0.05) is 6.20 Å². The lowest BCUT2D eigenvalue weighted by molar-refractivity contribution is 0.551. The van der Waals surface area contributed by atoms with E-state index in [2.05, 4.69) is 14.7 Å². The lowest BCUT2D eigenvalue weighted by Gasteiger charge is -2.07. The second-order valence-electron chi connectivity index (χ2n) is 4.00. The number of nitrogens with one attached hydrogen (secondary N) is 1. The van der Waals surface area contributed by atoms with Gasteiger partial charge in [-0.15, -0.1) is 3.89 Å². The van der Waals surface area contributed by atoms with Gasteiger partial charge < -0.3 is 0 Å². The summed E-state index contributed by atoms with van der Waals surface area (Å²) >= 11 is 0. The van der Waals surface area contributed by atoms with Gasteiger partial charge in [0.2, 0.25) is 0 Å². The van der Waals surface area contributed by atoms with Crippen LogP contribution in [0.15, 0.2) is 46.3 Å². The van der Waals surface area contributed by atoms with Crippen LogP contribution in [0.4, 0.5) is 9.70 Å². The molecule has 112 valence electrons. The van der Waals surface area contributed by atoms with E-state index in [1.54, 1.807) is 6.92 Å². The van der Waals surface area contributed by atoms with Crippen molar-refractivity contribution in [2.75, 3.05) is 4.72 Å². The van der Waals surface area contributed by atoms with E-state index < -0.39 is 25.1 Å². The summed E-state index contributed by atoms with van der Waals surface area (Å²) in [4.78, 5) is 6.88. The molecule has 7 nitrogen and oxygen atoms in total. The number of hydrogen-bond donors (Lipinski definition) is 1. The molecule has 0 saturated heterocycles. The maximum atomic E-state index is 12.7. The van der Waals surface area contributed by atoms with Gasteiger partial charge in [-0.3, -0.25) is 4.72 Å². The van der Waals surface area contributed by atoms with Crippen LogP contribution in [0.25, 0.3) is 0 Å². The number of aryl methyl sites for hydroxylation is 1. The molecule has 2 rings (SSSR count). The third-order valence-corrected chi connectivity index (χ3v) is 4.64. The first-order valence-electron chi connectivity index (χ1n) is 5.56. The number of nitrogens with zero attached hydrogens (tertiary/aromatic N) is 2. The van der Waals surface area contributed by atoms with Gasteiger partial charge in [-0.05, 0) is 37.3 Å². The Morgan fingerprint density at radius 2 is 1.57 bits per heavy atom. The molecule has 0 amide bonds. The van der Waals surface area contributed by atoms with Crippen LogP contribution in [0.1, 0.15) is 5.82 Å². The van der Waals surface area contributed by atoms with Crippen molar-refractivity contribution in [2.45, 2.75) is 16.7 Å². The number of aromatic nitrogens is 2. The number of sulfonamides is 1. The minimum Gasteiger partial charge on any atom is -0.263 e. The molecule has 21 heavy (non-hydrogen) atoms. The standard InChI is InChI=1S/C11H10FN3O4S2/c1-8-13-7-6-11(14-8)15-21(18,19)10-4-2-9(3-5-10)20(12,16)17/h2-7H,1H3,(H,13,14,15). The molecule has 0 spiro atoms. The molecule has 0 bridgehead atoms. The highest BCUT2D eigenvalue weighted by atomic mass is 32.3. The smallest absolute Gasteiger partial charge is 0.263 e. The maximum absolute atomic E-state index is 12.7. The lowest BCUT2D eigenvalue weighted by atomic mass is 10.4. The van der Waals surface area contributed by atoms with Crippen molar-refractivity contribution < 1.29 is 20.7 Å². The summed E-state index contributed by atoms with van der Waals surface area (Å²) < 4.78 is 60.4. The fourth-order valence-corrected chi connectivity index (χ4v) is 2.95. The lowest BCUT2D eigenvalue weighted by Crippen LogP contribution is -2.14. The molecule has 1 N–H and O–H groups in total. The van der Waals surface area contributed by atoms with E-state index in [-0.39, 0.29) is 10.7 Å². The first-order valence-corrected chi connectivity index (χ1v) is 8.42. The summed E-state index contributed by atoms with van der Waals surface area (Å²) in [6, 6.07) is 5.08. The van der Waals surface area contributed by atoms with Crippen LogP contribution in [-0.4, -0.2) is 26.8 Å². The second-order valence-corrected chi connectivity index (χ2v) is 7.03. The van der Waals surface area contributed by atoms with E-state index in [0.29, 0.717) is 5.82 Å². The minimum absolute atomic E-state index is 0.0738. The Morgan fingerprint density at radius 3 is 2.10 bits per heavy atom. The van der Waals surface area contributed by atoms with Gasteiger partial charge in [-0.25, -0.2) is 18.4 Å². The van der Waals surface area contributed by atoms with Crippen LogP contribution < -0.4 is 4.72 Å². The molecule has 0 fully saturated rings. The van der Waals surface area contributed by atoms with Gasteiger partial charge in [0.1, 0.15) is 11.6 Å². The number of halogens is 1. The van der Waals surface area contributed by atoms with E-state index in [1.807, 2.05) is 0 Å². The Labute approximate surface area is 121 Å². The number of anilines is 1. The van der Waals surface area contributed by atoms with Crippen molar-refractivity contribution in [1.82, 2.24) is 9.97 Å². The Balaban J connectivity index is 2.32. The van der Waals surface area contributed by atoms with E-state index in [0.717, 1.165) is 24.3 Å². The molecule has 1 aromatic carbocycles. The normalized spacial score (nSPS) is 12.1. The molecule has 0 unspecified atom stereocenters. The van der Waals surface area contributed by atoms with Gasteiger partial charge in [0.05, 0.1) is 9.79 Å². The van der Waals surface area contributed by atoms with Crippen molar-refractivity contribution in [3.8, 4) is 0 Å². The molecule has 0 aliphatic carbocycles. The summed E-state index contributed by atoms with van der Waals surface area (Å²) in [5, 5.41) is 0. The minimum atomic E-state index is -4.87. The van der Waals surface area contributed by atoms with Crippen LogP contribution in [0.3, 0.4) is 0 Å². The molecule has 1 heterocycles. The Hall–Kier alpha value is -2.07. The van der Waals surface area contributed by atoms with Crippen LogP contribution in [0, 0.1) is 6.92 Å². The molecule has 0 aliphatic heterocycles. The van der Waals surface area contributed by atoms with E-state index in [4.69, 9.17) is 0 Å². The van der Waals surface area contributed by atoms with E-state index >= 15 is 0 Å². The molecule has 0 atom stereocenters. The van der Waals surface area contributed by atoms with Gasteiger partial charge in [-0.2, -0.15) is 8.42 Å². The van der Waals surface area contributed by atoms with Crippen molar-refractivity contribution in [3.63, 3.8) is 0 Å². The van der Waals surface area contributed by atoms with Crippen LogP contribution >= 0.6 is 0 Å². The summed E-state index contributed by atoms with van der Waals surface area (Å²) in [5.74, 6) is 0.457. The average Bonchev–Trinajstić information content (AvgIpc) is 2.37. The first-order chi connectivity index (χ1) is 9.68. The van der Waals surface area contributed by atoms with Gasteiger partial charge in [0.25, 0.3) is 10.0 Å². The fraction of sp³-hybridized carbons (Fsp3) is 0.0909. The molecular weight excluding hydrogens is 321 g/mol.